The van der Waals surface area contributed by atoms with Crippen LogP contribution in [0.3, 0.4) is 0 Å². The topological polar surface area (TPSA) is 88.2 Å². The summed E-state index contributed by atoms with van der Waals surface area (Å²) >= 11 is 1.14. The van der Waals surface area contributed by atoms with Crippen LogP contribution in [-0.4, -0.2) is 25.6 Å². The quantitative estimate of drug-likeness (QED) is 0.634. The van der Waals surface area contributed by atoms with Crippen LogP contribution in [0.1, 0.15) is 20.8 Å². The molecule has 0 saturated heterocycles. The van der Waals surface area contributed by atoms with Crippen LogP contribution in [0.5, 0.6) is 0 Å². The van der Waals surface area contributed by atoms with Crippen LogP contribution in [0.2, 0.25) is 0 Å². The number of anilines is 2. The maximum atomic E-state index is 13.8. The van der Waals surface area contributed by atoms with Crippen molar-refractivity contribution in [2.24, 2.45) is 0 Å². The Labute approximate surface area is 164 Å². The van der Waals surface area contributed by atoms with Crippen molar-refractivity contribution >= 4 is 38.1 Å². The van der Waals surface area contributed by atoms with Crippen molar-refractivity contribution in [3.63, 3.8) is 0 Å². The summed E-state index contributed by atoms with van der Waals surface area (Å²) in [5, 5.41) is 2.87. The van der Waals surface area contributed by atoms with Gasteiger partial charge in [-0.1, -0.05) is 18.2 Å². The average Bonchev–Trinajstić information content (AvgIpc) is 3.03. The molecule has 0 aliphatic heterocycles. The van der Waals surface area contributed by atoms with Gasteiger partial charge in [-0.2, -0.15) is 0 Å². The van der Waals surface area contributed by atoms with Crippen LogP contribution >= 0.6 is 11.3 Å². The van der Waals surface area contributed by atoms with Gasteiger partial charge in [0.05, 0.1) is 17.5 Å². The van der Waals surface area contributed by atoms with Crippen molar-refractivity contribution < 1.29 is 22.0 Å². The molecule has 1 heterocycles. The molecule has 146 valence electrons. The van der Waals surface area contributed by atoms with E-state index in [1.54, 1.807) is 12.1 Å². The molecule has 3 aromatic rings. The second-order valence-electron chi connectivity index (χ2n) is 5.92. The molecule has 0 radical (unpaired) electrons. The van der Waals surface area contributed by atoms with Crippen LogP contribution in [0, 0.1) is 11.6 Å². The zero-order valence-corrected chi connectivity index (χ0v) is 16.2. The lowest BCUT2D eigenvalue weighted by atomic mass is 10.1. The fourth-order valence-electron chi connectivity index (χ4n) is 2.43. The fraction of sp³-hybridized carbons (Fsp3) is 0.111. The van der Waals surface area contributed by atoms with E-state index in [4.69, 9.17) is 0 Å². The fourth-order valence-corrected chi connectivity index (χ4v) is 3.84. The predicted octanol–water partition coefficient (Wildman–Crippen LogP) is 3.64. The highest BCUT2D eigenvalue weighted by atomic mass is 32.2. The van der Waals surface area contributed by atoms with E-state index >= 15 is 0 Å². The summed E-state index contributed by atoms with van der Waals surface area (Å²) in [6.07, 6.45) is 2.68. The SMILES string of the molecule is CS(=O)(=O)Nc1ccccc1C(=O)Nc1ncc(Cc2ccc(F)cc2F)s1. The molecule has 0 aliphatic rings. The summed E-state index contributed by atoms with van der Waals surface area (Å²) in [5.41, 5.74) is 0.590. The number of aromatic nitrogens is 1. The van der Waals surface area contributed by atoms with Crippen molar-refractivity contribution in [1.82, 2.24) is 4.98 Å². The summed E-state index contributed by atoms with van der Waals surface area (Å²) in [6.45, 7) is 0. The van der Waals surface area contributed by atoms with E-state index in [-0.39, 0.29) is 22.8 Å². The van der Waals surface area contributed by atoms with Gasteiger partial charge in [0.1, 0.15) is 11.6 Å². The molecule has 0 atom stereocenters. The van der Waals surface area contributed by atoms with Gasteiger partial charge in [-0.15, -0.1) is 11.3 Å². The minimum absolute atomic E-state index is 0.134. The Hall–Kier alpha value is -2.85. The minimum atomic E-state index is -3.55. The first-order valence-corrected chi connectivity index (χ1v) is 10.7. The van der Waals surface area contributed by atoms with Crippen LogP contribution in [0.15, 0.2) is 48.7 Å². The van der Waals surface area contributed by atoms with E-state index in [0.29, 0.717) is 10.4 Å². The molecule has 0 aliphatic carbocycles. The van der Waals surface area contributed by atoms with E-state index in [1.807, 2.05) is 0 Å². The highest BCUT2D eigenvalue weighted by Crippen LogP contribution is 2.24. The number of carbonyl (C=O) groups is 1. The third kappa shape index (κ3) is 5.11. The lowest BCUT2D eigenvalue weighted by Gasteiger charge is -2.09. The first kappa shape index (κ1) is 19.9. The molecule has 3 rings (SSSR count). The lowest BCUT2D eigenvalue weighted by molar-refractivity contribution is 0.102. The molecule has 0 fully saturated rings. The molecule has 2 aromatic carbocycles. The van der Waals surface area contributed by atoms with E-state index in [9.17, 15) is 22.0 Å². The molecule has 0 spiro atoms. The molecule has 28 heavy (non-hydrogen) atoms. The highest BCUT2D eigenvalue weighted by Gasteiger charge is 2.16. The standard InChI is InChI=1S/C18H15F2N3O3S2/c1-28(25,26)23-16-5-3-2-4-14(16)17(24)22-18-21-10-13(27-18)8-11-6-7-12(19)9-15(11)20/h2-7,9-10,23H,8H2,1H3,(H,21,22,24). The average molecular weight is 423 g/mol. The lowest BCUT2D eigenvalue weighted by Crippen LogP contribution is -2.17. The second-order valence-corrected chi connectivity index (χ2v) is 8.78. The Balaban J connectivity index is 1.74. The molecule has 1 amide bonds. The number of hydrogen-bond acceptors (Lipinski definition) is 5. The molecule has 0 bridgehead atoms. The number of amides is 1. The largest absolute Gasteiger partial charge is 0.298 e. The van der Waals surface area contributed by atoms with Gasteiger partial charge in [0.25, 0.3) is 5.91 Å². The van der Waals surface area contributed by atoms with E-state index in [2.05, 4.69) is 15.0 Å². The molecular weight excluding hydrogens is 408 g/mol. The summed E-state index contributed by atoms with van der Waals surface area (Å²) in [4.78, 5) is 17.2. The van der Waals surface area contributed by atoms with E-state index in [0.717, 1.165) is 23.7 Å². The van der Waals surface area contributed by atoms with Gasteiger partial charge in [0.2, 0.25) is 10.0 Å². The van der Waals surface area contributed by atoms with Gasteiger partial charge in [0, 0.05) is 23.6 Å². The third-order valence-electron chi connectivity index (χ3n) is 3.62. The van der Waals surface area contributed by atoms with Gasteiger partial charge in [0.15, 0.2) is 5.13 Å². The summed E-state index contributed by atoms with van der Waals surface area (Å²) in [6, 6.07) is 9.50. The van der Waals surface area contributed by atoms with Crippen LogP contribution in [0.25, 0.3) is 0 Å². The van der Waals surface area contributed by atoms with Crippen molar-refractivity contribution in [3.8, 4) is 0 Å². The number of sulfonamides is 1. The zero-order valence-electron chi connectivity index (χ0n) is 14.6. The van der Waals surface area contributed by atoms with E-state index < -0.39 is 27.6 Å². The first-order chi connectivity index (χ1) is 13.2. The van der Waals surface area contributed by atoms with Crippen LogP contribution in [-0.2, 0) is 16.4 Å². The zero-order chi connectivity index (χ0) is 20.3. The van der Waals surface area contributed by atoms with Gasteiger partial charge >= 0.3 is 0 Å². The Kier molecular flexibility index (Phi) is 5.71. The number of rotatable bonds is 6. The number of thiazole rings is 1. The molecule has 6 nitrogen and oxygen atoms in total. The molecule has 0 saturated carbocycles. The first-order valence-electron chi connectivity index (χ1n) is 7.98. The van der Waals surface area contributed by atoms with Crippen molar-refractivity contribution in [2.45, 2.75) is 6.42 Å². The number of para-hydroxylation sites is 1. The highest BCUT2D eigenvalue weighted by molar-refractivity contribution is 7.92. The molecular formula is C18H15F2N3O3S2. The van der Waals surface area contributed by atoms with Crippen molar-refractivity contribution in [3.05, 3.63) is 76.3 Å². The third-order valence-corrected chi connectivity index (χ3v) is 5.12. The maximum absolute atomic E-state index is 13.8. The number of halogens is 2. The summed E-state index contributed by atoms with van der Waals surface area (Å²) < 4.78 is 52.0. The smallest absolute Gasteiger partial charge is 0.259 e. The normalized spacial score (nSPS) is 11.2. The number of nitrogens with one attached hydrogen (secondary N) is 2. The Morgan fingerprint density at radius 2 is 1.93 bits per heavy atom. The van der Waals surface area contributed by atoms with Gasteiger partial charge in [-0.3, -0.25) is 14.8 Å². The van der Waals surface area contributed by atoms with Crippen molar-refractivity contribution in [1.29, 1.82) is 0 Å². The van der Waals surface area contributed by atoms with Gasteiger partial charge in [-0.25, -0.2) is 22.2 Å². The number of nitrogens with zero attached hydrogens (tertiary/aromatic N) is 1. The summed E-state index contributed by atoms with van der Waals surface area (Å²) in [5.74, 6) is -1.85. The number of benzene rings is 2. The molecule has 0 unspecified atom stereocenters. The summed E-state index contributed by atoms with van der Waals surface area (Å²) in [7, 11) is -3.55. The minimum Gasteiger partial charge on any atom is -0.298 e. The second kappa shape index (κ2) is 8.03. The monoisotopic (exact) mass is 423 g/mol. The molecule has 2 N–H and O–H groups in total. The maximum Gasteiger partial charge on any atom is 0.259 e. The van der Waals surface area contributed by atoms with Gasteiger partial charge < -0.3 is 0 Å². The Morgan fingerprint density at radius 3 is 2.64 bits per heavy atom. The van der Waals surface area contributed by atoms with Crippen LogP contribution in [0.4, 0.5) is 19.6 Å². The number of hydrogen-bond donors (Lipinski definition) is 2. The van der Waals surface area contributed by atoms with E-state index in [1.165, 1.54) is 30.5 Å². The van der Waals surface area contributed by atoms with Gasteiger partial charge in [-0.05, 0) is 23.8 Å². The number of carbonyl (C=O) groups excluding carboxylic acids is 1. The molecule has 10 heteroatoms. The molecule has 1 aromatic heterocycles. The predicted molar refractivity (Wildman–Crippen MR) is 104 cm³/mol. The Morgan fingerprint density at radius 1 is 1.18 bits per heavy atom. The van der Waals surface area contributed by atoms with Crippen molar-refractivity contribution in [2.75, 3.05) is 16.3 Å². The van der Waals surface area contributed by atoms with Crippen LogP contribution < -0.4 is 10.0 Å². The Bertz CT molecular complexity index is 1130.